The summed E-state index contributed by atoms with van der Waals surface area (Å²) in [6, 6.07) is 3.14. The van der Waals surface area contributed by atoms with Crippen molar-refractivity contribution in [2.45, 2.75) is 72.3 Å². The number of nitrogens with one attached hydrogen (secondary N) is 2. The van der Waals surface area contributed by atoms with Crippen molar-refractivity contribution in [2.75, 3.05) is 12.4 Å². The van der Waals surface area contributed by atoms with E-state index in [4.69, 9.17) is 18.9 Å². The van der Waals surface area contributed by atoms with Gasteiger partial charge in [0.25, 0.3) is 5.91 Å². The SMILES string of the molecule is CC[C@H]1C(=O)O[C@H](C)[C@H](NC(=O)c2cccc(NC=O)c2OC)C(=O)O[C@@H](C)[C@@H]1OC(=O)C(C)C(C)C. The largest absolute Gasteiger partial charge is 0.494 e. The number of para-hydroxylation sites is 1. The fourth-order valence-electron chi connectivity index (χ4n) is 3.91. The number of anilines is 1. The molecule has 6 atom stereocenters. The molecule has 11 heteroatoms. The van der Waals surface area contributed by atoms with Crippen molar-refractivity contribution < 1.29 is 42.9 Å². The summed E-state index contributed by atoms with van der Waals surface area (Å²) in [4.78, 5) is 62.9. The Morgan fingerprint density at radius 3 is 2.30 bits per heavy atom. The van der Waals surface area contributed by atoms with Gasteiger partial charge in [0.1, 0.15) is 12.2 Å². The molecule has 1 saturated heterocycles. The van der Waals surface area contributed by atoms with Crippen molar-refractivity contribution >= 4 is 35.9 Å². The summed E-state index contributed by atoms with van der Waals surface area (Å²) in [6.45, 7) is 10.2. The van der Waals surface area contributed by atoms with E-state index in [1.807, 2.05) is 13.8 Å². The van der Waals surface area contributed by atoms with Gasteiger partial charge in [0.05, 0.1) is 30.2 Å². The quantitative estimate of drug-likeness (QED) is 0.285. The summed E-state index contributed by atoms with van der Waals surface area (Å²) < 4.78 is 22.1. The summed E-state index contributed by atoms with van der Waals surface area (Å²) in [6.07, 6.45) is -2.45. The van der Waals surface area contributed by atoms with Gasteiger partial charge < -0.3 is 29.6 Å². The van der Waals surface area contributed by atoms with Crippen LogP contribution in [0, 0.1) is 17.8 Å². The highest BCUT2D eigenvalue weighted by molar-refractivity contribution is 6.01. The third-order valence-electron chi connectivity index (χ3n) is 6.52. The topological polar surface area (TPSA) is 146 Å². The number of esters is 3. The van der Waals surface area contributed by atoms with Gasteiger partial charge in [0.15, 0.2) is 17.9 Å². The van der Waals surface area contributed by atoms with Crippen molar-refractivity contribution in [1.82, 2.24) is 5.32 Å². The van der Waals surface area contributed by atoms with Crippen molar-refractivity contribution in [3.63, 3.8) is 0 Å². The van der Waals surface area contributed by atoms with Crippen LogP contribution in [-0.4, -0.2) is 61.7 Å². The Bertz CT molecular complexity index is 1010. The molecule has 0 saturated carbocycles. The Labute approximate surface area is 216 Å². The summed E-state index contributed by atoms with van der Waals surface area (Å²) in [5.41, 5.74) is 0.288. The van der Waals surface area contributed by atoms with Gasteiger partial charge in [-0.25, -0.2) is 4.79 Å². The van der Waals surface area contributed by atoms with Gasteiger partial charge >= 0.3 is 17.9 Å². The number of methoxy groups -OCH3 is 1. The maximum Gasteiger partial charge on any atom is 0.332 e. The highest BCUT2D eigenvalue weighted by Gasteiger charge is 2.44. The molecule has 37 heavy (non-hydrogen) atoms. The average Bonchev–Trinajstić information content (AvgIpc) is 2.87. The second-order valence-corrected chi connectivity index (χ2v) is 9.33. The maximum absolute atomic E-state index is 13.1. The van der Waals surface area contributed by atoms with Crippen LogP contribution in [0.1, 0.15) is 58.3 Å². The van der Waals surface area contributed by atoms with Crippen LogP contribution in [0.3, 0.4) is 0 Å². The molecule has 0 radical (unpaired) electrons. The first kappa shape index (κ1) is 29.6. The molecule has 1 aromatic carbocycles. The molecular weight excluding hydrogens is 484 g/mol. The predicted molar refractivity (Wildman–Crippen MR) is 133 cm³/mol. The molecule has 0 bridgehead atoms. The average molecular weight is 521 g/mol. The molecule has 1 heterocycles. The second kappa shape index (κ2) is 13.1. The fraction of sp³-hybridized carbons (Fsp3) is 0.577. The number of cyclic esters (lactones) is 2. The number of rotatable bonds is 9. The van der Waals surface area contributed by atoms with Gasteiger partial charge in [-0.15, -0.1) is 0 Å². The number of carbonyl (C=O) groups excluding carboxylic acids is 5. The Hall–Kier alpha value is -3.63. The molecule has 2 amide bonds. The monoisotopic (exact) mass is 520 g/mol. The summed E-state index contributed by atoms with van der Waals surface area (Å²) in [5.74, 6) is -4.00. The number of hydrogen-bond acceptors (Lipinski definition) is 9. The minimum absolute atomic E-state index is 0.00515. The number of carbonyl (C=O) groups is 5. The molecule has 1 aliphatic rings. The van der Waals surface area contributed by atoms with E-state index in [0.29, 0.717) is 6.41 Å². The van der Waals surface area contributed by atoms with Crippen LogP contribution >= 0.6 is 0 Å². The third-order valence-corrected chi connectivity index (χ3v) is 6.52. The lowest BCUT2D eigenvalue weighted by Gasteiger charge is -2.30. The van der Waals surface area contributed by atoms with Crippen LogP contribution in [0.25, 0.3) is 0 Å². The Balaban J connectivity index is 2.35. The van der Waals surface area contributed by atoms with Gasteiger partial charge in [-0.05, 0) is 38.3 Å². The van der Waals surface area contributed by atoms with E-state index >= 15 is 0 Å². The van der Waals surface area contributed by atoms with E-state index in [1.54, 1.807) is 13.8 Å². The number of ether oxygens (including phenoxy) is 4. The zero-order chi connectivity index (χ0) is 27.9. The van der Waals surface area contributed by atoms with Crippen LogP contribution in [-0.2, 0) is 33.4 Å². The molecule has 1 fully saturated rings. The summed E-state index contributed by atoms with van der Waals surface area (Å²) in [5, 5.41) is 4.98. The second-order valence-electron chi connectivity index (χ2n) is 9.33. The van der Waals surface area contributed by atoms with E-state index in [2.05, 4.69) is 10.6 Å². The molecule has 0 spiro atoms. The molecule has 2 rings (SSSR count). The van der Waals surface area contributed by atoms with Gasteiger partial charge in [-0.2, -0.15) is 0 Å². The van der Waals surface area contributed by atoms with Crippen LogP contribution in [0.2, 0.25) is 0 Å². The number of benzene rings is 1. The van der Waals surface area contributed by atoms with Crippen LogP contribution in [0.15, 0.2) is 18.2 Å². The molecule has 0 aromatic heterocycles. The Morgan fingerprint density at radius 1 is 1.08 bits per heavy atom. The van der Waals surface area contributed by atoms with E-state index in [-0.39, 0.29) is 29.3 Å². The zero-order valence-corrected chi connectivity index (χ0v) is 22.2. The van der Waals surface area contributed by atoms with E-state index in [9.17, 15) is 24.0 Å². The lowest BCUT2D eigenvalue weighted by Crippen LogP contribution is -2.50. The Morgan fingerprint density at radius 2 is 1.73 bits per heavy atom. The lowest BCUT2D eigenvalue weighted by atomic mass is 9.94. The minimum Gasteiger partial charge on any atom is -0.494 e. The molecule has 1 aliphatic heterocycles. The standard InChI is InChI=1S/C26H36N2O9/c1-8-17-21(37-24(31)14(4)13(2)3)16(6)36-26(33)20(15(5)35-25(17)32)28-23(30)18-10-9-11-19(27-12-29)22(18)34-7/h9-17,20-21H,8H2,1-7H3,(H,27,29)(H,28,30)/t14?,15-,16+,17-,20+,21+/m1/s1. The van der Waals surface area contributed by atoms with E-state index in [1.165, 1.54) is 39.2 Å². The first-order valence-electron chi connectivity index (χ1n) is 12.3. The molecule has 204 valence electrons. The molecule has 1 aromatic rings. The highest BCUT2D eigenvalue weighted by Crippen LogP contribution is 2.29. The molecular formula is C26H36N2O9. The first-order valence-corrected chi connectivity index (χ1v) is 12.3. The predicted octanol–water partition coefficient (Wildman–Crippen LogP) is 2.47. The normalized spacial score (nSPS) is 24.9. The summed E-state index contributed by atoms with van der Waals surface area (Å²) in [7, 11) is 1.33. The molecule has 0 aliphatic carbocycles. The molecule has 2 N–H and O–H groups in total. The fourth-order valence-corrected chi connectivity index (χ4v) is 3.91. The van der Waals surface area contributed by atoms with Gasteiger partial charge in [-0.3, -0.25) is 19.2 Å². The Kier molecular flexibility index (Phi) is 10.5. The number of hydrogen-bond donors (Lipinski definition) is 2. The van der Waals surface area contributed by atoms with Gasteiger partial charge in [0, 0.05) is 0 Å². The van der Waals surface area contributed by atoms with Gasteiger partial charge in [-0.1, -0.05) is 33.8 Å². The van der Waals surface area contributed by atoms with Crippen molar-refractivity contribution in [1.29, 1.82) is 0 Å². The van der Waals surface area contributed by atoms with Crippen molar-refractivity contribution in [2.24, 2.45) is 17.8 Å². The van der Waals surface area contributed by atoms with Crippen molar-refractivity contribution in [3.05, 3.63) is 23.8 Å². The van der Waals surface area contributed by atoms with Gasteiger partial charge in [0.2, 0.25) is 6.41 Å². The van der Waals surface area contributed by atoms with E-state index in [0.717, 1.165) is 0 Å². The highest BCUT2D eigenvalue weighted by atomic mass is 16.6. The first-order chi connectivity index (χ1) is 17.5. The molecule has 1 unspecified atom stereocenters. The third kappa shape index (κ3) is 6.99. The maximum atomic E-state index is 13.1. The summed E-state index contributed by atoms with van der Waals surface area (Å²) >= 11 is 0. The van der Waals surface area contributed by atoms with Crippen LogP contribution in [0.5, 0.6) is 5.75 Å². The molecule has 11 nitrogen and oxygen atoms in total. The lowest BCUT2D eigenvalue weighted by molar-refractivity contribution is -0.178. The van der Waals surface area contributed by atoms with E-state index < -0.39 is 60.0 Å². The minimum atomic E-state index is -1.37. The zero-order valence-electron chi connectivity index (χ0n) is 22.2. The van der Waals surface area contributed by atoms with Crippen LogP contribution < -0.4 is 15.4 Å². The smallest absolute Gasteiger partial charge is 0.332 e. The number of amides is 2. The van der Waals surface area contributed by atoms with Crippen LogP contribution in [0.4, 0.5) is 5.69 Å². The van der Waals surface area contributed by atoms with Crippen molar-refractivity contribution in [3.8, 4) is 5.75 Å².